The van der Waals surface area contributed by atoms with Gasteiger partial charge in [0.05, 0.1) is 119 Å². The molecule has 18 rings (SSSR count). The maximum Gasteiger partial charge on any atom is 0.303 e. The third kappa shape index (κ3) is 30.5. The Morgan fingerprint density at radius 3 is 0.671 bits per heavy atom. The van der Waals surface area contributed by atoms with E-state index in [1.807, 2.05) is 394 Å². The van der Waals surface area contributed by atoms with Crippen LogP contribution in [0.2, 0.25) is 0 Å². The van der Waals surface area contributed by atoms with Gasteiger partial charge in [0, 0.05) is 6.92 Å². The predicted octanol–water partition coefficient (Wildman–Crippen LogP) is 19.4. The molecule has 146 heavy (non-hydrogen) atoms. The third-order valence-corrected chi connectivity index (χ3v) is 26.0. The fraction of sp³-hybridized carbons (Fsp3) is 0.328. The van der Waals surface area contributed by atoms with E-state index in [4.69, 9.17) is 99.5 Å². The molecule has 5 heterocycles. The largest absolute Gasteiger partial charge is 0.454 e. The van der Waals surface area contributed by atoms with Gasteiger partial charge in [0.1, 0.15) is 110 Å². The number of ether oxygens (including phenoxy) is 21. The van der Waals surface area contributed by atoms with Gasteiger partial charge in [0.25, 0.3) is 0 Å². The number of carbonyl (C=O) groups is 1. The van der Waals surface area contributed by atoms with E-state index >= 15 is 0 Å². The first-order chi connectivity index (χ1) is 72.1. The SMILES string of the molecule is CC(=O)O[C@@H]1[C@@H](O[C@@H]2[C@@H](O[C@@H]3[C@@H](O[C@@H]4[C@@H](OCc5ccc(C[n+]6ccn(C)c6)cc5)O[C@H](COCc5ccccc5)[C@@H](OCc5ccccc5)[C@@H]4OCc4ccccc4)O[C@H](COCc4ccccc4)[C@@H](OCc4ccccc4)[C@@H]3OCc3ccccc3)O[C@H](COCc3ccccc3)[C@@H](OCc3ccccc3)[C@@H]2OCc2ccccc2)O[C@H](COCc2ccccc2)[C@@H](OCc2ccccc2)[C@@H]1OCc1ccccc1. The van der Waals surface area contributed by atoms with Crippen molar-refractivity contribution in [2.45, 2.75) is 222 Å². The molecule has 0 radical (unpaired) electrons. The van der Waals surface area contributed by atoms with Crippen molar-refractivity contribution in [1.29, 1.82) is 0 Å². The molecule has 0 amide bonds. The zero-order chi connectivity index (χ0) is 99.3. The molecule has 0 bridgehead atoms. The highest BCUT2D eigenvalue weighted by Gasteiger charge is 2.60. The summed E-state index contributed by atoms with van der Waals surface area (Å²) in [6.07, 6.45) is -19.4. The first-order valence-corrected chi connectivity index (χ1v) is 50.3. The number of nitrogens with zero attached hydrogens (tertiary/aromatic N) is 2. The van der Waals surface area contributed by atoms with Crippen molar-refractivity contribution in [2.24, 2.45) is 7.05 Å². The summed E-state index contributed by atoms with van der Waals surface area (Å²) in [5.74, 6) is -0.679. The maximum atomic E-state index is 14.7. The smallest absolute Gasteiger partial charge is 0.303 e. The summed E-state index contributed by atoms with van der Waals surface area (Å²) in [7, 11) is 2.00. The molecule has 758 valence electrons. The molecule has 0 aliphatic carbocycles. The molecule has 4 fully saturated rings. The van der Waals surface area contributed by atoms with E-state index in [1.54, 1.807) is 0 Å². The molecule has 4 saturated heterocycles. The van der Waals surface area contributed by atoms with Crippen molar-refractivity contribution >= 4 is 5.97 Å². The predicted molar refractivity (Wildman–Crippen MR) is 545 cm³/mol. The topological polar surface area (TPSA) is 220 Å². The van der Waals surface area contributed by atoms with Gasteiger partial charge in [-0.15, -0.1) is 0 Å². The van der Waals surface area contributed by atoms with Crippen LogP contribution in [0.4, 0.5) is 0 Å². The minimum absolute atomic E-state index is 0.00620. The normalized spacial score (nSPS) is 24.1. The summed E-state index contributed by atoms with van der Waals surface area (Å²) in [6.45, 7) is 2.77. The summed E-state index contributed by atoms with van der Waals surface area (Å²) in [6, 6.07) is 127. The van der Waals surface area contributed by atoms with Gasteiger partial charge in [0.15, 0.2) is 31.3 Å². The van der Waals surface area contributed by atoms with Crippen molar-refractivity contribution in [3.8, 4) is 0 Å². The summed E-state index contributed by atoms with van der Waals surface area (Å²) in [4.78, 5) is 14.7. The number of esters is 1. The van der Waals surface area contributed by atoms with Crippen molar-refractivity contribution in [1.82, 2.24) is 4.57 Å². The summed E-state index contributed by atoms with van der Waals surface area (Å²) in [5, 5.41) is 0. The molecule has 0 unspecified atom stereocenters. The Bertz CT molecular complexity index is 6040. The number of aromatic nitrogens is 2. The van der Waals surface area contributed by atoms with Crippen LogP contribution in [0.5, 0.6) is 0 Å². The Morgan fingerprint density at radius 2 is 0.432 bits per heavy atom. The van der Waals surface area contributed by atoms with Crippen LogP contribution in [0.25, 0.3) is 0 Å². The van der Waals surface area contributed by atoms with Gasteiger partial charge in [-0.1, -0.05) is 388 Å². The number of benzene rings is 13. The highest BCUT2D eigenvalue weighted by atomic mass is 16.8. The average molecular weight is 1980 g/mol. The molecule has 14 aromatic rings. The molecular weight excluding hydrogens is 1850 g/mol. The zero-order valence-corrected chi connectivity index (χ0v) is 82.3. The molecule has 24 nitrogen and oxygen atoms in total. The lowest BCUT2D eigenvalue weighted by atomic mass is 9.94. The number of hydrogen-bond donors (Lipinski definition) is 0. The highest BCUT2D eigenvalue weighted by Crippen LogP contribution is 2.43. The monoisotopic (exact) mass is 1970 g/mol. The van der Waals surface area contributed by atoms with Crippen molar-refractivity contribution in [2.75, 3.05) is 26.4 Å². The van der Waals surface area contributed by atoms with Gasteiger partial charge in [-0.05, 0) is 77.9 Å². The summed E-state index contributed by atoms with van der Waals surface area (Å²) < 4.78 is 162. The van der Waals surface area contributed by atoms with Gasteiger partial charge >= 0.3 is 5.97 Å². The Balaban J connectivity index is 0.829. The number of carbonyl (C=O) groups excluding carboxylic acids is 1. The molecule has 0 N–H and O–H groups in total. The second-order valence-corrected chi connectivity index (χ2v) is 37.0. The third-order valence-electron chi connectivity index (χ3n) is 26.0. The molecule has 24 heteroatoms. The van der Waals surface area contributed by atoms with Gasteiger partial charge in [0.2, 0.25) is 6.33 Å². The van der Waals surface area contributed by atoms with Crippen LogP contribution in [0.15, 0.2) is 407 Å². The molecular formula is C122H129N2O22+. The van der Waals surface area contributed by atoms with E-state index in [0.29, 0.717) is 6.54 Å². The number of hydrogen-bond acceptors (Lipinski definition) is 22. The molecule has 0 spiro atoms. The molecule has 13 aromatic carbocycles. The fourth-order valence-electron chi connectivity index (χ4n) is 18.6. The van der Waals surface area contributed by atoms with Gasteiger partial charge in [-0.3, -0.25) is 4.79 Å². The van der Waals surface area contributed by atoms with Crippen LogP contribution in [0.1, 0.15) is 84.8 Å². The second kappa shape index (κ2) is 55.0. The molecule has 0 saturated carbocycles. The van der Waals surface area contributed by atoms with Gasteiger partial charge in [-0.2, -0.15) is 0 Å². The second-order valence-electron chi connectivity index (χ2n) is 37.0. The molecule has 4 aliphatic heterocycles. The van der Waals surface area contributed by atoms with Crippen LogP contribution in [-0.2, 0) is 204 Å². The van der Waals surface area contributed by atoms with E-state index in [0.717, 1.165) is 77.9 Å². The van der Waals surface area contributed by atoms with Gasteiger partial charge < -0.3 is 99.5 Å². The number of imidazole rings is 1. The minimum atomic E-state index is -1.71. The van der Waals surface area contributed by atoms with Crippen molar-refractivity contribution in [3.63, 3.8) is 0 Å². The van der Waals surface area contributed by atoms with E-state index in [9.17, 15) is 4.79 Å². The minimum Gasteiger partial charge on any atom is -0.454 e. The van der Waals surface area contributed by atoms with Gasteiger partial charge in [-0.25, -0.2) is 9.13 Å². The van der Waals surface area contributed by atoms with Crippen molar-refractivity contribution in [3.05, 3.63) is 485 Å². The zero-order valence-electron chi connectivity index (χ0n) is 82.3. The Labute approximate surface area is 855 Å². The van der Waals surface area contributed by atoms with Crippen LogP contribution < -0.4 is 4.57 Å². The average Bonchev–Trinajstić information content (AvgIpc) is 0.883. The van der Waals surface area contributed by atoms with E-state index < -0.39 is 129 Å². The van der Waals surface area contributed by atoms with E-state index in [1.165, 1.54) is 6.92 Å². The first-order valence-electron chi connectivity index (χ1n) is 50.3. The standard InChI is InChI=1S/C122H129N2O22/c1-88(125)139-116-112(135-79-99-57-33-12-34-58-99)108(131-75-95-49-25-8-26-50-95)104(84-127-71-91-41-17-4-18-42-91)141-120(116)145-118-114(137-81-101-61-37-14-38-62-101)110(133-77-97-53-29-10-30-54-97)106(86-129-73-93-45-21-6-22-46-93)143-122(118)146-117-113(136-80-100-59-35-13-36-60-100)109(132-76-96-51-27-9-28-52-96)105(85-128-72-92-43-19-5-20-44-92)142-121(117)144-115-111(134-78-98-55-31-11-32-56-98)107(130-74-94-47-23-7-24-48-94)103(83-126-70-90-39-15-3-16-40-90)140-119(115)138-82-102-65-63-89(64-66-102)69-124-68-67-123(2)87-124/h3-68,87,103-122H,69-86H2,1-2H3/q+1/t103-,104-,105-,106-,107-,108-,109-,110-,111+,112+,113+,114+,115+,116+,117+,118+,119+,120-,121-,122-/m1/s1. The van der Waals surface area contributed by atoms with Crippen LogP contribution in [0, 0.1) is 0 Å². The molecule has 20 atom stereocenters. The summed E-state index contributed by atoms with van der Waals surface area (Å²) in [5.41, 5.74) is 12.3. The fourth-order valence-corrected chi connectivity index (χ4v) is 18.6. The lowest BCUT2D eigenvalue weighted by Gasteiger charge is -2.53. The first kappa shape index (κ1) is 104. The van der Waals surface area contributed by atoms with E-state index in [-0.39, 0.29) is 112 Å². The maximum absolute atomic E-state index is 14.7. The highest BCUT2D eigenvalue weighted by molar-refractivity contribution is 5.66. The van der Waals surface area contributed by atoms with Crippen LogP contribution >= 0.6 is 0 Å². The number of rotatable bonds is 52. The van der Waals surface area contributed by atoms with E-state index in [2.05, 4.69) is 28.8 Å². The lowest BCUT2D eigenvalue weighted by molar-refractivity contribution is -0.687. The Hall–Kier alpha value is -12.3. The quantitative estimate of drug-likeness (QED) is 0.0255. The van der Waals surface area contributed by atoms with Crippen LogP contribution in [-0.4, -0.2) is 160 Å². The molecule has 4 aliphatic rings. The van der Waals surface area contributed by atoms with Crippen molar-refractivity contribution < 1.29 is 109 Å². The molecule has 1 aromatic heterocycles. The van der Waals surface area contributed by atoms with Crippen LogP contribution in [0.3, 0.4) is 0 Å². The Morgan fingerprint density at radius 1 is 0.233 bits per heavy atom. The number of aryl methyl sites for hydroxylation is 1. The summed E-state index contributed by atoms with van der Waals surface area (Å²) >= 11 is 0. The lowest BCUT2D eigenvalue weighted by Crippen LogP contribution is -2.69. The Kier molecular flexibility index (Phi) is 39.0.